The number of aromatic amines is 1. The number of nitrogens with zero attached hydrogens (tertiary/aromatic N) is 5. The number of ether oxygens (including phenoxy) is 1. The molecule has 0 unspecified atom stereocenters. The molecule has 4 aromatic rings. The summed E-state index contributed by atoms with van der Waals surface area (Å²) >= 11 is 0. The second-order valence-corrected chi connectivity index (χ2v) is 10.2. The van der Waals surface area contributed by atoms with E-state index in [0.717, 1.165) is 41.7 Å². The molecular formula is C29H36N6O2. The van der Waals surface area contributed by atoms with Gasteiger partial charge in [0.1, 0.15) is 5.75 Å². The number of benzene rings is 2. The van der Waals surface area contributed by atoms with Crippen LogP contribution in [0, 0.1) is 6.92 Å². The highest BCUT2D eigenvalue weighted by Crippen LogP contribution is 2.33. The lowest BCUT2D eigenvalue weighted by Crippen LogP contribution is -2.33. The van der Waals surface area contributed by atoms with Crippen LogP contribution in [0.1, 0.15) is 80.0 Å². The molecule has 0 radical (unpaired) electrons. The highest BCUT2D eigenvalue weighted by atomic mass is 16.5. The fourth-order valence-corrected chi connectivity index (χ4v) is 5.51. The Morgan fingerprint density at radius 1 is 1.08 bits per heavy atom. The molecule has 0 bridgehead atoms. The molecule has 37 heavy (non-hydrogen) atoms. The number of H-pyrrole nitrogens is 1. The summed E-state index contributed by atoms with van der Waals surface area (Å²) in [5, 5.41) is 14.0. The van der Waals surface area contributed by atoms with E-state index in [1.54, 1.807) is 7.11 Å². The minimum absolute atomic E-state index is 0.0290. The van der Waals surface area contributed by atoms with Gasteiger partial charge in [-0.1, -0.05) is 56.0 Å². The summed E-state index contributed by atoms with van der Waals surface area (Å²) in [5.41, 5.74) is 3.85. The van der Waals surface area contributed by atoms with Crippen molar-refractivity contribution in [3.63, 3.8) is 0 Å². The third-order valence-electron chi connectivity index (χ3n) is 7.57. The van der Waals surface area contributed by atoms with E-state index in [-0.39, 0.29) is 11.6 Å². The average Bonchev–Trinajstić information content (AvgIpc) is 3.40. The summed E-state index contributed by atoms with van der Waals surface area (Å²) in [5.74, 6) is 1.65. The Labute approximate surface area is 217 Å². The van der Waals surface area contributed by atoms with Crippen LogP contribution < -0.4 is 10.3 Å². The Morgan fingerprint density at radius 2 is 1.86 bits per heavy atom. The number of hydrogen-bond acceptors (Lipinski definition) is 6. The highest BCUT2D eigenvalue weighted by molar-refractivity contribution is 5.80. The number of fused-ring (bicyclic) bond motifs is 1. The van der Waals surface area contributed by atoms with Gasteiger partial charge in [0.25, 0.3) is 5.56 Å². The molecule has 8 heteroatoms. The average molecular weight is 501 g/mol. The number of pyridine rings is 1. The van der Waals surface area contributed by atoms with Gasteiger partial charge in [-0.3, -0.25) is 9.69 Å². The zero-order chi connectivity index (χ0) is 25.8. The summed E-state index contributed by atoms with van der Waals surface area (Å²) in [7, 11) is 1.65. The molecule has 0 saturated heterocycles. The summed E-state index contributed by atoms with van der Waals surface area (Å²) in [6.07, 6.45) is 6.75. The molecule has 1 aliphatic rings. The third kappa shape index (κ3) is 5.59. The number of aromatic nitrogens is 5. The van der Waals surface area contributed by atoms with Crippen molar-refractivity contribution < 1.29 is 4.74 Å². The monoisotopic (exact) mass is 500 g/mol. The first-order chi connectivity index (χ1) is 18.1. The highest BCUT2D eigenvalue weighted by Gasteiger charge is 2.29. The fraction of sp³-hybridized carbons (Fsp3) is 0.448. The first kappa shape index (κ1) is 25.1. The van der Waals surface area contributed by atoms with Gasteiger partial charge in [-0.05, 0) is 66.4 Å². The summed E-state index contributed by atoms with van der Waals surface area (Å²) in [6.45, 7) is 5.43. The molecule has 2 aromatic heterocycles. The van der Waals surface area contributed by atoms with Gasteiger partial charge in [0.05, 0.1) is 19.2 Å². The normalized spacial score (nSPS) is 15.4. The summed E-state index contributed by atoms with van der Waals surface area (Å²) in [6, 6.07) is 16.6. The Hall–Kier alpha value is -3.52. The van der Waals surface area contributed by atoms with Crippen molar-refractivity contribution in [3.8, 4) is 5.75 Å². The van der Waals surface area contributed by atoms with Gasteiger partial charge in [0.2, 0.25) is 0 Å². The van der Waals surface area contributed by atoms with Gasteiger partial charge in [0, 0.05) is 29.6 Å². The standard InChI is InChI=1S/C29H36N6O2/c1-4-27(28-31-32-33-35(28)24-8-6-5-7-9-24)34(18-21-12-10-20(2)11-13-21)19-23-16-22-17-25(37-3)14-15-26(22)30-29(23)36/h10-17,24,27H,4-9,18-19H2,1-3H3,(H,30,36)/t27-/m1/s1. The number of rotatable bonds is 9. The van der Waals surface area contributed by atoms with Crippen molar-refractivity contribution in [1.82, 2.24) is 30.1 Å². The molecule has 8 nitrogen and oxygen atoms in total. The van der Waals surface area contributed by atoms with E-state index in [2.05, 4.69) is 68.2 Å². The Bertz CT molecular complexity index is 1390. The quantitative estimate of drug-likeness (QED) is 0.327. The molecule has 0 amide bonds. The van der Waals surface area contributed by atoms with Gasteiger partial charge in [-0.2, -0.15) is 0 Å². The van der Waals surface area contributed by atoms with Crippen molar-refractivity contribution in [1.29, 1.82) is 0 Å². The smallest absolute Gasteiger partial charge is 0.252 e. The summed E-state index contributed by atoms with van der Waals surface area (Å²) in [4.78, 5) is 18.6. The fourth-order valence-electron chi connectivity index (χ4n) is 5.51. The van der Waals surface area contributed by atoms with Gasteiger partial charge in [-0.15, -0.1) is 5.10 Å². The van der Waals surface area contributed by atoms with Crippen molar-refractivity contribution in [3.05, 3.63) is 81.4 Å². The number of methoxy groups -OCH3 is 1. The van der Waals surface area contributed by atoms with E-state index in [9.17, 15) is 4.79 Å². The van der Waals surface area contributed by atoms with Crippen LogP contribution in [-0.2, 0) is 13.1 Å². The lowest BCUT2D eigenvalue weighted by molar-refractivity contribution is 0.155. The van der Waals surface area contributed by atoms with Crippen LogP contribution >= 0.6 is 0 Å². The third-order valence-corrected chi connectivity index (χ3v) is 7.57. The van der Waals surface area contributed by atoms with Crippen LogP contribution in [0.25, 0.3) is 10.9 Å². The first-order valence-electron chi connectivity index (χ1n) is 13.3. The zero-order valence-electron chi connectivity index (χ0n) is 22.0. The molecule has 1 saturated carbocycles. The Kier molecular flexibility index (Phi) is 7.65. The van der Waals surface area contributed by atoms with Crippen LogP contribution in [0.2, 0.25) is 0 Å². The molecule has 194 valence electrons. The van der Waals surface area contributed by atoms with E-state index in [4.69, 9.17) is 4.74 Å². The number of tetrazole rings is 1. The maximum Gasteiger partial charge on any atom is 0.252 e. The van der Waals surface area contributed by atoms with Crippen molar-refractivity contribution in [2.75, 3.05) is 7.11 Å². The minimum Gasteiger partial charge on any atom is -0.497 e. The van der Waals surface area contributed by atoms with Gasteiger partial charge in [0.15, 0.2) is 5.82 Å². The lowest BCUT2D eigenvalue weighted by Gasteiger charge is -2.32. The van der Waals surface area contributed by atoms with Crippen molar-refractivity contribution in [2.45, 2.75) is 77.5 Å². The van der Waals surface area contributed by atoms with Crippen LogP contribution in [-0.4, -0.2) is 37.2 Å². The molecule has 1 aliphatic carbocycles. The predicted octanol–water partition coefficient (Wildman–Crippen LogP) is 5.49. The minimum atomic E-state index is -0.0756. The molecule has 0 aliphatic heterocycles. The van der Waals surface area contributed by atoms with Crippen molar-refractivity contribution >= 4 is 10.9 Å². The molecule has 1 fully saturated rings. The Balaban J connectivity index is 1.52. The molecule has 1 atom stereocenters. The van der Waals surface area contributed by atoms with Crippen molar-refractivity contribution in [2.24, 2.45) is 0 Å². The maximum atomic E-state index is 13.2. The SMILES string of the molecule is CC[C@H](c1nnnn1C1CCCCC1)N(Cc1ccc(C)cc1)Cc1cc2cc(OC)ccc2[nH]c1=O. The largest absolute Gasteiger partial charge is 0.497 e. The number of aryl methyl sites for hydroxylation is 1. The summed E-state index contributed by atoms with van der Waals surface area (Å²) < 4.78 is 7.47. The van der Waals surface area contributed by atoms with Crippen LogP contribution in [0.3, 0.4) is 0 Å². The molecule has 1 N–H and O–H groups in total. The zero-order valence-corrected chi connectivity index (χ0v) is 22.0. The maximum absolute atomic E-state index is 13.2. The first-order valence-corrected chi connectivity index (χ1v) is 13.3. The molecule has 0 spiro atoms. The topological polar surface area (TPSA) is 88.9 Å². The van der Waals surface area contributed by atoms with Crippen LogP contribution in [0.4, 0.5) is 0 Å². The lowest BCUT2D eigenvalue weighted by atomic mass is 9.95. The molecule has 2 heterocycles. The molecular weight excluding hydrogens is 464 g/mol. The van der Waals surface area contributed by atoms with E-state index < -0.39 is 0 Å². The number of nitrogens with one attached hydrogen (secondary N) is 1. The van der Waals surface area contributed by atoms with E-state index >= 15 is 0 Å². The van der Waals surface area contributed by atoms with E-state index in [1.807, 2.05) is 24.3 Å². The second-order valence-electron chi connectivity index (χ2n) is 10.2. The van der Waals surface area contributed by atoms with E-state index in [0.29, 0.717) is 24.7 Å². The number of hydrogen-bond donors (Lipinski definition) is 1. The van der Waals surface area contributed by atoms with Gasteiger partial charge in [-0.25, -0.2) is 4.68 Å². The van der Waals surface area contributed by atoms with Gasteiger partial charge < -0.3 is 9.72 Å². The van der Waals surface area contributed by atoms with Crippen LogP contribution in [0.5, 0.6) is 5.75 Å². The van der Waals surface area contributed by atoms with E-state index in [1.165, 1.54) is 30.4 Å². The van der Waals surface area contributed by atoms with Gasteiger partial charge >= 0.3 is 0 Å². The Morgan fingerprint density at radius 3 is 2.59 bits per heavy atom. The predicted molar refractivity (Wildman–Crippen MR) is 145 cm³/mol. The second kappa shape index (κ2) is 11.3. The molecule has 5 rings (SSSR count). The van der Waals surface area contributed by atoms with Crippen LogP contribution in [0.15, 0.2) is 53.3 Å². The molecule has 2 aromatic carbocycles.